The molecule has 18 atom stereocenters. The maximum atomic E-state index is 16.4. The number of benzene rings is 5. The van der Waals surface area contributed by atoms with E-state index in [-0.39, 0.29) is 103 Å². The van der Waals surface area contributed by atoms with Gasteiger partial charge >= 0.3 is 0 Å². The molecule has 0 aromatic heterocycles. The molecule has 114 heavy (non-hydrogen) atoms. The molecule has 0 spiro atoms. The standard InChI is InChI=1S/C78H93Cl2N11O23/c1-29(2)13-45(81)70(101)90-61-63(96)35-8-11-49(43(79)20-35)110-51-22-39-23-52(67(51)114-77-68(66(99)65(98)53(28-92)112-77)113-55-27-78(5,83)69(100)30(3)108-55)111-50-12-9-36(21-44(50)80)64(97)62-76(107)89-60(74(105)86-57-37-15-32-14-33(17-37)18-38(57)16-32)42-24-40(109-31(4)84-6)25-48(94)56(42)41-19-34(7-10-47(41)93)58(72(103)91-62)88-73(104)59(39)87-71(102)46(26-54(82)95)85-75(61)106/h7-12,19-25,29-30,32-33,37-38,45-46,53,55,57-66,68-69,77,84,92-94,96-100H,4,13-18,26-28,81,83H2,1-3,5-6H3,(H2,82,95)(H,85,106)(H,86,105)(H,87,102)(H,88,104)(H,89,107)(H,90,101)(H,91,103)/t30?,32?,33?,37?,38?,45-,46+,53?,55?,57?,58-,59-,60+,61-,62+,63-,64-,65?,66?,68?,69?,77?,78?/m1/s1. The van der Waals surface area contributed by atoms with Crippen molar-refractivity contribution in [1.29, 1.82) is 0 Å². The molecule has 22 N–H and O–H groups in total. The van der Waals surface area contributed by atoms with Gasteiger partial charge in [0.1, 0.15) is 95.5 Å². The van der Waals surface area contributed by atoms with E-state index in [0.29, 0.717) is 11.8 Å². The molecule has 11 aliphatic rings. The van der Waals surface area contributed by atoms with E-state index in [2.05, 4.69) is 49.1 Å². The largest absolute Gasteiger partial charge is 0.507 e. The highest BCUT2D eigenvalue weighted by Gasteiger charge is 2.53. The van der Waals surface area contributed by atoms with Gasteiger partial charge in [-0.15, -0.1) is 0 Å². The summed E-state index contributed by atoms with van der Waals surface area (Å²) in [4.78, 5) is 121. The molecule has 4 saturated carbocycles. The SMILES string of the molecule is C=C(NC)Oc1cc(O)c2c(c1)[C@@H](C(=O)NC1C3CC4CC(C3)CC1C4)NC(=O)[C@H]1NC(=O)[C@H](NC(=O)[C@@H]3NC(=O)[C@H](CC(N)=O)NC(=O)[C@H](NC(=O)[C@H](N)CC(C)C)[C@H](O)c4ccc(c(Cl)c4)Oc4cc3cc(c4OC3OC(CO)C(O)C(O)C3OC3CC(C)(N)C(O)C(C)O3)Oc3ccc(cc3Cl)[C@H]1O)c1ccc(O)c-2c1. The van der Waals surface area contributed by atoms with Crippen molar-refractivity contribution in [3.05, 3.63) is 129 Å². The lowest BCUT2D eigenvalue weighted by Gasteiger charge is -2.54. The van der Waals surface area contributed by atoms with Gasteiger partial charge in [-0.3, -0.25) is 38.4 Å². The maximum absolute atomic E-state index is 16.4. The average molecular weight is 1620 g/mol. The topological polar surface area (TPSA) is 537 Å². The van der Waals surface area contributed by atoms with E-state index in [1.54, 1.807) is 13.8 Å². The van der Waals surface area contributed by atoms with Crippen LogP contribution in [0.5, 0.6) is 46.0 Å². The molecule has 612 valence electrons. The fourth-order valence-electron chi connectivity index (χ4n) is 16.9. The number of aliphatic hydroxyl groups is 6. The molecule has 36 heteroatoms. The van der Waals surface area contributed by atoms with Crippen LogP contribution in [0.3, 0.4) is 0 Å². The minimum Gasteiger partial charge on any atom is -0.507 e. The van der Waals surface area contributed by atoms with Gasteiger partial charge in [0.15, 0.2) is 29.8 Å². The number of hydrogen-bond acceptors (Lipinski definition) is 26. The van der Waals surface area contributed by atoms with Gasteiger partial charge in [-0.1, -0.05) is 55.2 Å². The quantitative estimate of drug-likeness (QED) is 0.0629. The lowest BCUT2D eigenvalue weighted by atomic mass is 9.54. The molecule has 15 bridgehead atoms. The van der Waals surface area contributed by atoms with E-state index < -0.39 is 204 Å². The third-order valence-electron chi connectivity index (χ3n) is 22.5. The second-order valence-corrected chi connectivity index (χ2v) is 32.2. The number of nitrogens with two attached hydrogens (primary N) is 3. The Morgan fingerprint density at radius 2 is 1.31 bits per heavy atom. The number of nitrogens with one attached hydrogen (secondary N) is 8. The molecular formula is C78H93Cl2N11O23. The molecule has 2 saturated heterocycles. The van der Waals surface area contributed by atoms with Gasteiger partial charge in [0, 0.05) is 42.2 Å². The number of ether oxygens (including phenoxy) is 7. The number of rotatable bonds is 16. The van der Waals surface area contributed by atoms with Gasteiger partial charge in [-0.05, 0) is 171 Å². The first-order chi connectivity index (χ1) is 54.0. The monoisotopic (exact) mass is 1620 g/mol. The molecule has 8 amide bonds. The van der Waals surface area contributed by atoms with Crippen molar-refractivity contribution in [2.24, 2.45) is 46.8 Å². The average Bonchev–Trinajstić information content (AvgIpc) is 0.757. The van der Waals surface area contributed by atoms with Crippen LogP contribution < -0.4 is 78.7 Å². The summed E-state index contributed by atoms with van der Waals surface area (Å²) >= 11 is 14.4. The van der Waals surface area contributed by atoms with Crippen LogP contribution in [0.2, 0.25) is 10.0 Å². The second-order valence-electron chi connectivity index (χ2n) is 31.4. The summed E-state index contributed by atoms with van der Waals surface area (Å²) in [5, 5.41) is 116. The van der Waals surface area contributed by atoms with E-state index in [1.165, 1.54) is 63.4 Å². The summed E-state index contributed by atoms with van der Waals surface area (Å²) in [7, 11) is 1.51. The Morgan fingerprint density at radius 1 is 0.702 bits per heavy atom. The first kappa shape index (κ1) is 82.3. The number of hydrogen-bond donors (Lipinski definition) is 19. The highest BCUT2D eigenvalue weighted by Crippen LogP contribution is 2.55. The number of phenolic OH excluding ortho intramolecular Hbond substituents is 2. The third kappa shape index (κ3) is 17.0. The number of aromatic hydroxyl groups is 2. The molecule has 0 radical (unpaired) electrons. The van der Waals surface area contributed by atoms with Gasteiger partial charge in [0.2, 0.25) is 59.3 Å². The van der Waals surface area contributed by atoms with Crippen LogP contribution in [0.4, 0.5) is 0 Å². The Labute approximate surface area is 663 Å². The summed E-state index contributed by atoms with van der Waals surface area (Å²) in [5.74, 6) is -12.7. The van der Waals surface area contributed by atoms with Crippen molar-refractivity contribution in [2.45, 2.75) is 194 Å². The highest BCUT2D eigenvalue weighted by atomic mass is 35.5. The van der Waals surface area contributed by atoms with Crippen LogP contribution in [-0.4, -0.2) is 187 Å². The van der Waals surface area contributed by atoms with Gasteiger partial charge in [0.05, 0.1) is 41.3 Å². The molecular weight excluding hydrogens is 1530 g/mol. The van der Waals surface area contributed by atoms with E-state index in [4.69, 9.17) is 73.6 Å². The molecule has 6 fully saturated rings. The fraction of sp³-hybridized carbons (Fsp3) is 0.487. The molecule has 7 aliphatic heterocycles. The first-order valence-electron chi connectivity index (χ1n) is 37.5. The Kier molecular flexibility index (Phi) is 24.0. The fourth-order valence-corrected chi connectivity index (χ4v) is 17.4. The minimum atomic E-state index is -2.33. The smallest absolute Gasteiger partial charge is 0.248 e. The van der Waals surface area contributed by atoms with Crippen molar-refractivity contribution in [1.82, 2.24) is 42.5 Å². The van der Waals surface area contributed by atoms with E-state index >= 15 is 24.0 Å². The second kappa shape index (κ2) is 33.3. The predicted molar refractivity (Wildman–Crippen MR) is 403 cm³/mol. The summed E-state index contributed by atoms with van der Waals surface area (Å²) in [6.45, 7) is 9.47. The number of phenols is 2. The van der Waals surface area contributed by atoms with Crippen molar-refractivity contribution < 1.29 is 112 Å². The van der Waals surface area contributed by atoms with Crippen LogP contribution in [-0.2, 0) is 52.6 Å². The number of carbonyl (C=O) groups excluding carboxylic acids is 8. The first-order valence-corrected chi connectivity index (χ1v) is 38.3. The number of fused-ring (bicyclic) bond motifs is 15. The zero-order valence-electron chi connectivity index (χ0n) is 62.5. The molecule has 16 rings (SSSR count). The van der Waals surface area contributed by atoms with Crippen LogP contribution >= 0.6 is 23.2 Å². The third-order valence-corrected chi connectivity index (χ3v) is 23.1. The van der Waals surface area contributed by atoms with Gasteiger partial charge in [-0.25, -0.2) is 0 Å². The van der Waals surface area contributed by atoms with E-state index in [9.17, 15) is 55.2 Å². The van der Waals surface area contributed by atoms with Crippen LogP contribution in [0, 0.1) is 29.6 Å². The summed E-state index contributed by atoms with van der Waals surface area (Å²) < 4.78 is 44.8. The zero-order chi connectivity index (χ0) is 82.0. The predicted octanol–water partition coefficient (Wildman–Crippen LogP) is 2.07. The van der Waals surface area contributed by atoms with Crippen molar-refractivity contribution in [2.75, 3.05) is 13.7 Å². The Bertz CT molecular complexity index is 4580. The van der Waals surface area contributed by atoms with E-state index in [1.807, 2.05) is 0 Å². The summed E-state index contributed by atoms with van der Waals surface area (Å²) in [6, 6.07) is 0.726. The molecule has 7 heterocycles. The number of halogens is 2. The number of primary amides is 1. The highest BCUT2D eigenvalue weighted by molar-refractivity contribution is 6.32. The molecule has 9 unspecified atom stereocenters. The van der Waals surface area contributed by atoms with Crippen molar-refractivity contribution in [3.8, 4) is 57.1 Å². The van der Waals surface area contributed by atoms with Crippen molar-refractivity contribution in [3.63, 3.8) is 0 Å². The van der Waals surface area contributed by atoms with Gasteiger partial charge < -0.3 is 134 Å². The maximum Gasteiger partial charge on any atom is 0.248 e. The number of carbonyl (C=O) groups is 8. The Balaban J connectivity index is 1.02. The molecule has 4 aliphatic carbocycles. The number of aliphatic hydroxyl groups excluding tert-OH is 6. The molecule has 34 nitrogen and oxygen atoms in total. The van der Waals surface area contributed by atoms with Crippen molar-refractivity contribution >= 4 is 70.5 Å². The number of amides is 8. The zero-order valence-corrected chi connectivity index (χ0v) is 64.1. The van der Waals surface area contributed by atoms with Crippen LogP contribution in [0.1, 0.15) is 137 Å². The molecule has 5 aromatic carbocycles. The van der Waals surface area contributed by atoms with Crippen LogP contribution in [0.25, 0.3) is 11.1 Å². The summed E-state index contributed by atoms with van der Waals surface area (Å²) in [5.41, 5.74) is 15.4. The summed E-state index contributed by atoms with van der Waals surface area (Å²) in [6.07, 6.45) is -14.1. The Morgan fingerprint density at radius 3 is 1.90 bits per heavy atom. The minimum absolute atomic E-state index is 0.0331. The van der Waals surface area contributed by atoms with Gasteiger partial charge in [-0.2, -0.15) is 0 Å². The molecule has 5 aromatic rings. The van der Waals surface area contributed by atoms with Gasteiger partial charge in [0.25, 0.3) is 0 Å². The normalized spacial score (nSPS) is 32.1. The lowest BCUT2D eigenvalue weighted by Crippen LogP contribution is -2.64. The van der Waals surface area contributed by atoms with E-state index in [0.717, 1.165) is 68.5 Å². The van der Waals surface area contributed by atoms with Crippen LogP contribution in [0.15, 0.2) is 91.3 Å². The lowest BCUT2D eigenvalue weighted by molar-refractivity contribution is -0.333. The Hall–Kier alpha value is -9.66.